The highest BCUT2D eigenvalue weighted by atomic mass is 35.5. The number of pyridine rings is 1. The molecule has 4 heterocycles. The number of fused-ring (bicyclic) bond motifs is 3. The maximum atomic E-state index is 13.8. The molecule has 3 aromatic heterocycles. The minimum Gasteiger partial charge on any atom is -0.364 e. The number of carbonyl (C=O) groups excluding carboxylic acids is 4. The number of nitrogens with zero attached hydrogens (tertiary/aromatic N) is 6. The molecule has 13 nitrogen and oxygen atoms in total. The van der Waals surface area contributed by atoms with Gasteiger partial charge in [0.05, 0.1) is 5.52 Å². The molecule has 4 aromatic rings. The molecule has 41 heavy (non-hydrogen) atoms. The first-order chi connectivity index (χ1) is 19.7. The molecule has 2 aliphatic rings. The van der Waals surface area contributed by atoms with Gasteiger partial charge in [-0.15, -0.1) is 0 Å². The van der Waals surface area contributed by atoms with Crippen LogP contribution in [0.3, 0.4) is 0 Å². The highest BCUT2D eigenvalue weighted by Crippen LogP contribution is 2.43. The lowest BCUT2D eigenvalue weighted by molar-refractivity contribution is -0.141. The molecule has 3 atom stereocenters. The Bertz CT molecular complexity index is 1720. The van der Waals surface area contributed by atoms with Gasteiger partial charge in [-0.25, -0.2) is 15.0 Å². The lowest BCUT2D eigenvalue weighted by atomic mass is 9.97. The summed E-state index contributed by atoms with van der Waals surface area (Å²) in [5.41, 5.74) is 12.6. The van der Waals surface area contributed by atoms with Crippen LogP contribution in [-0.4, -0.2) is 65.3 Å². The van der Waals surface area contributed by atoms with Gasteiger partial charge < -0.3 is 21.7 Å². The number of aromatic nitrogens is 5. The minimum absolute atomic E-state index is 0.0175. The molecule has 0 unspecified atom stereocenters. The first kappa shape index (κ1) is 26.3. The fourth-order valence-electron chi connectivity index (χ4n) is 5.83. The number of hydrogen-bond donors (Lipinski definition) is 3. The molecule has 0 spiro atoms. The summed E-state index contributed by atoms with van der Waals surface area (Å²) < 4.78 is 1.42. The Kier molecular flexibility index (Phi) is 6.58. The zero-order valence-corrected chi connectivity index (χ0v) is 22.3. The van der Waals surface area contributed by atoms with Gasteiger partial charge in [0, 0.05) is 29.4 Å². The third kappa shape index (κ3) is 4.84. The molecule has 1 aliphatic carbocycles. The summed E-state index contributed by atoms with van der Waals surface area (Å²) in [5.74, 6) is -1.92. The summed E-state index contributed by atoms with van der Waals surface area (Å²) in [6.45, 7) is -0.216. The van der Waals surface area contributed by atoms with E-state index in [-0.39, 0.29) is 47.0 Å². The number of likely N-dealkylation sites (tertiary alicyclic amines) is 1. The molecule has 6 rings (SSSR count). The van der Waals surface area contributed by atoms with Crippen molar-refractivity contribution in [2.24, 2.45) is 17.4 Å². The fourth-order valence-corrected chi connectivity index (χ4v) is 6.00. The van der Waals surface area contributed by atoms with Gasteiger partial charge in [-0.05, 0) is 55.0 Å². The summed E-state index contributed by atoms with van der Waals surface area (Å²) in [5, 5.41) is 7.86. The van der Waals surface area contributed by atoms with Crippen LogP contribution in [0.2, 0.25) is 5.15 Å². The monoisotopic (exact) mass is 573 g/mol. The number of amides is 4. The van der Waals surface area contributed by atoms with Crippen molar-refractivity contribution in [3.63, 3.8) is 0 Å². The number of primary amides is 2. The number of nitrogens with one attached hydrogen (secondary N) is 1. The molecule has 5 N–H and O–H groups in total. The van der Waals surface area contributed by atoms with Crippen LogP contribution < -0.4 is 16.8 Å². The summed E-state index contributed by atoms with van der Waals surface area (Å²) in [7, 11) is 0. The van der Waals surface area contributed by atoms with Gasteiger partial charge in [0.1, 0.15) is 23.6 Å². The van der Waals surface area contributed by atoms with Crippen LogP contribution in [0.25, 0.3) is 22.0 Å². The van der Waals surface area contributed by atoms with E-state index in [4.69, 9.17) is 23.1 Å². The van der Waals surface area contributed by atoms with Crippen LogP contribution >= 0.6 is 11.6 Å². The quantitative estimate of drug-likeness (QED) is 0.278. The summed E-state index contributed by atoms with van der Waals surface area (Å²) in [6, 6.07) is 9.31. The normalized spacial score (nSPS) is 19.4. The second-order valence-corrected chi connectivity index (χ2v) is 10.5. The van der Waals surface area contributed by atoms with E-state index in [0.717, 1.165) is 19.3 Å². The van der Waals surface area contributed by atoms with Crippen LogP contribution in [-0.2, 0) is 16.1 Å². The SMILES string of the molecule is NC(=O)c1ncc(-c2ccc3c(C(N)=O)nn(CC(=O)N4[C@@H]5CC[C@@H](C5)[C@H]4C(=O)Nc4cccc(Cl)n4)c3c2)cn1. The van der Waals surface area contributed by atoms with E-state index in [1.807, 2.05) is 0 Å². The standard InChI is InChI=1S/C27H24ClN9O4/c28-19-2-1-3-20(33-19)34-27(41)23-14-4-6-16(8-14)37(23)21(38)12-36-18-9-13(5-7-17(18)22(35-36)24(29)39)15-10-31-26(25(30)40)32-11-15/h1-3,5,7,9-11,14,16,23H,4,6,8,12H2,(H2,29,39)(H2,30,40)(H,33,34,41)/t14-,16+,23-/m0/s1. The Morgan fingerprint density at radius 3 is 2.49 bits per heavy atom. The van der Waals surface area contributed by atoms with Crippen molar-refractivity contribution in [3.05, 3.63) is 65.5 Å². The summed E-state index contributed by atoms with van der Waals surface area (Å²) in [6.07, 6.45) is 5.27. The molecular formula is C27H24ClN9O4. The van der Waals surface area contributed by atoms with E-state index in [9.17, 15) is 19.2 Å². The maximum absolute atomic E-state index is 13.8. The molecular weight excluding hydrogens is 550 g/mol. The molecule has 1 aliphatic heterocycles. The van der Waals surface area contributed by atoms with Crippen molar-refractivity contribution < 1.29 is 19.2 Å². The highest BCUT2D eigenvalue weighted by Gasteiger charge is 2.51. The number of piperidine rings is 1. The number of anilines is 1. The third-order valence-electron chi connectivity index (χ3n) is 7.58. The van der Waals surface area contributed by atoms with E-state index in [0.29, 0.717) is 27.8 Å². The van der Waals surface area contributed by atoms with Crippen LogP contribution in [0.4, 0.5) is 5.82 Å². The van der Waals surface area contributed by atoms with Crippen LogP contribution in [0.5, 0.6) is 0 Å². The van der Waals surface area contributed by atoms with Gasteiger partial charge in [0.15, 0.2) is 5.69 Å². The zero-order chi connectivity index (χ0) is 28.8. The van der Waals surface area contributed by atoms with Crippen LogP contribution in [0.1, 0.15) is 40.4 Å². The molecule has 208 valence electrons. The number of benzene rings is 1. The Labute approximate surface area is 237 Å². The van der Waals surface area contributed by atoms with E-state index in [1.165, 1.54) is 17.1 Å². The molecule has 1 aromatic carbocycles. The number of rotatable bonds is 7. The van der Waals surface area contributed by atoms with Crippen molar-refractivity contribution in [2.45, 2.75) is 37.9 Å². The zero-order valence-electron chi connectivity index (χ0n) is 21.5. The first-order valence-electron chi connectivity index (χ1n) is 12.9. The van der Waals surface area contributed by atoms with Crippen molar-refractivity contribution in [1.82, 2.24) is 29.6 Å². The minimum atomic E-state index is -0.749. The average molecular weight is 574 g/mol. The first-order valence-corrected chi connectivity index (χ1v) is 13.2. The number of nitrogens with two attached hydrogens (primary N) is 2. The van der Waals surface area contributed by atoms with Gasteiger partial charge in [-0.1, -0.05) is 23.7 Å². The molecule has 2 bridgehead atoms. The lowest BCUT2D eigenvalue weighted by Gasteiger charge is -2.34. The number of hydrogen-bond acceptors (Lipinski definition) is 8. The lowest BCUT2D eigenvalue weighted by Crippen LogP contribution is -2.52. The number of carbonyl (C=O) groups is 4. The highest BCUT2D eigenvalue weighted by molar-refractivity contribution is 6.29. The van der Waals surface area contributed by atoms with Crippen LogP contribution in [0.15, 0.2) is 48.8 Å². The molecule has 4 amide bonds. The third-order valence-corrected chi connectivity index (χ3v) is 7.79. The van der Waals surface area contributed by atoms with Gasteiger partial charge in [-0.3, -0.25) is 23.9 Å². The van der Waals surface area contributed by atoms with E-state index in [1.54, 1.807) is 41.3 Å². The molecule has 14 heteroatoms. The number of halogens is 1. The molecule has 2 fully saturated rings. The predicted molar refractivity (Wildman–Crippen MR) is 147 cm³/mol. The predicted octanol–water partition coefficient (Wildman–Crippen LogP) is 1.76. The maximum Gasteiger partial charge on any atom is 0.286 e. The van der Waals surface area contributed by atoms with E-state index < -0.39 is 17.9 Å². The van der Waals surface area contributed by atoms with E-state index in [2.05, 4.69) is 25.4 Å². The summed E-state index contributed by atoms with van der Waals surface area (Å²) in [4.78, 5) is 64.4. The molecule has 0 radical (unpaired) electrons. The van der Waals surface area contributed by atoms with Gasteiger partial charge in [0.2, 0.25) is 17.6 Å². The average Bonchev–Trinajstić information content (AvgIpc) is 3.66. The summed E-state index contributed by atoms with van der Waals surface area (Å²) >= 11 is 5.97. The Morgan fingerprint density at radius 1 is 1.00 bits per heavy atom. The van der Waals surface area contributed by atoms with Crippen molar-refractivity contribution in [3.8, 4) is 11.1 Å². The largest absolute Gasteiger partial charge is 0.364 e. The van der Waals surface area contributed by atoms with Gasteiger partial charge in [0.25, 0.3) is 11.8 Å². The Balaban J connectivity index is 1.30. The van der Waals surface area contributed by atoms with Crippen LogP contribution in [0, 0.1) is 5.92 Å². The van der Waals surface area contributed by atoms with Crippen molar-refractivity contribution in [2.75, 3.05) is 5.32 Å². The second kappa shape index (κ2) is 10.2. The Morgan fingerprint density at radius 2 is 1.78 bits per heavy atom. The van der Waals surface area contributed by atoms with Crippen molar-refractivity contribution >= 4 is 52.0 Å². The van der Waals surface area contributed by atoms with E-state index >= 15 is 0 Å². The second-order valence-electron chi connectivity index (χ2n) is 10.1. The van der Waals surface area contributed by atoms with Gasteiger partial charge in [-0.2, -0.15) is 5.10 Å². The smallest absolute Gasteiger partial charge is 0.286 e. The molecule has 1 saturated heterocycles. The molecule has 1 saturated carbocycles. The van der Waals surface area contributed by atoms with Gasteiger partial charge >= 0.3 is 0 Å². The fraction of sp³-hybridized carbons (Fsp3) is 0.259. The Hall–Kier alpha value is -4.91. The topological polar surface area (TPSA) is 192 Å². The van der Waals surface area contributed by atoms with Crippen molar-refractivity contribution in [1.29, 1.82) is 0 Å².